The Morgan fingerprint density at radius 2 is 2.62 bits per heavy atom. The van der Waals surface area contributed by atoms with Gasteiger partial charge in [0.2, 0.25) is 5.91 Å². The van der Waals surface area contributed by atoms with E-state index in [0.29, 0.717) is 13.0 Å². The number of hydrogen-bond acceptors (Lipinski definition) is 2. The van der Waals surface area contributed by atoms with Crippen molar-refractivity contribution in [3.63, 3.8) is 0 Å². The molecule has 0 N–H and O–H groups in total. The predicted octanol–water partition coefficient (Wildman–Crippen LogP) is -0.464. The molecule has 3 nitrogen and oxygen atoms in total. The highest BCUT2D eigenvalue weighted by atomic mass is 16.5. The van der Waals surface area contributed by atoms with E-state index in [4.69, 9.17) is 4.74 Å². The van der Waals surface area contributed by atoms with Gasteiger partial charge in [0.1, 0.15) is 0 Å². The van der Waals surface area contributed by atoms with E-state index in [2.05, 4.69) is 5.32 Å². The standard InChI is InChI=1S/C5H8NO2/c1-8-4-2-5(7)6-3-4/h4H,2-3H2,1H3/t4-/m0/s1. The van der Waals surface area contributed by atoms with Gasteiger partial charge in [-0.05, 0) is 0 Å². The Bertz CT molecular complexity index is 103. The van der Waals surface area contributed by atoms with Gasteiger partial charge in [-0.1, -0.05) is 0 Å². The van der Waals surface area contributed by atoms with Crippen molar-refractivity contribution < 1.29 is 9.53 Å². The topological polar surface area (TPSA) is 40.4 Å². The molecule has 0 unspecified atom stereocenters. The number of carbonyl (C=O) groups excluding carboxylic acids is 1. The van der Waals surface area contributed by atoms with Crippen LogP contribution in [-0.2, 0) is 9.53 Å². The SMILES string of the molecule is CO[C@@H]1C[N]C(=O)C1. The maximum atomic E-state index is 10.4. The minimum Gasteiger partial charge on any atom is -0.379 e. The Hall–Kier alpha value is -0.570. The van der Waals surface area contributed by atoms with Gasteiger partial charge in [0, 0.05) is 7.11 Å². The number of carbonyl (C=O) groups is 1. The average Bonchev–Trinajstić information content (AvgIpc) is 2.14. The van der Waals surface area contributed by atoms with Crippen molar-refractivity contribution in [2.75, 3.05) is 13.7 Å². The van der Waals surface area contributed by atoms with Gasteiger partial charge in [-0.3, -0.25) is 4.79 Å². The van der Waals surface area contributed by atoms with Crippen molar-refractivity contribution in [1.82, 2.24) is 5.32 Å². The molecule has 1 rings (SSSR count). The molecule has 0 saturated carbocycles. The van der Waals surface area contributed by atoms with E-state index in [9.17, 15) is 4.79 Å². The van der Waals surface area contributed by atoms with Gasteiger partial charge in [0.15, 0.2) is 0 Å². The van der Waals surface area contributed by atoms with E-state index in [1.807, 2.05) is 0 Å². The number of nitrogens with zero attached hydrogens (tertiary/aromatic N) is 1. The molecule has 1 amide bonds. The smallest absolute Gasteiger partial charge is 0.243 e. The van der Waals surface area contributed by atoms with Gasteiger partial charge in [0.25, 0.3) is 0 Å². The number of ether oxygens (including phenoxy) is 1. The van der Waals surface area contributed by atoms with Crippen LogP contribution < -0.4 is 5.32 Å². The molecule has 1 radical (unpaired) electrons. The largest absolute Gasteiger partial charge is 0.379 e. The van der Waals surface area contributed by atoms with E-state index < -0.39 is 0 Å². The molecule has 0 aromatic rings. The zero-order chi connectivity index (χ0) is 5.98. The molecule has 45 valence electrons. The van der Waals surface area contributed by atoms with Crippen LogP contribution in [0.2, 0.25) is 0 Å². The highest BCUT2D eigenvalue weighted by Gasteiger charge is 2.21. The quantitative estimate of drug-likeness (QED) is 0.462. The first-order chi connectivity index (χ1) is 3.83. The van der Waals surface area contributed by atoms with E-state index in [1.54, 1.807) is 7.11 Å². The average molecular weight is 114 g/mol. The second-order valence-corrected chi connectivity index (χ2v) is 1.80. The lowest BCUT2D eigenvalue weighted by molar-refractivity contribution is -0.119. The summed E-state index contributed by atoms with van der Waals surface area (Å²) in [6, 6.07) is 0. The molecule has 1 fully saturated rings. The van der Waals surface area contributed by atoms with Crippen molar-refractivity contribution >= 4 is 5.91 Å². The van der Waals surface area contributed by atoms with Gasteiger partial charge in [-0.15, -0.1) is 0 Å². The summed E-state index contributed by atoms with van der Waals surface area (Å²) >= 11 is 0. The number of rotatable bonds is 1. The van der Waals surface area contributed by atoms with Crippen molar-refractivity contribution in [2.24, 2.45) is 0 Å². The van der Waals surface area contributed by atoms with Crippen molar-refractivity contribution in [3.8, 4) is 0 Å². The Kier molecular flexibility index (Phi) is 1.48. The lowest BCUT2D eigenvalue weighted by Crippen LogP contribution is -2.10. The fraction of sp³-hybridized carbons (Fsp3) is 0.800. The zero-order valence-electron chi connectivity index (χ0n) is 4.76. The summed E-state index contributed by atoms with van der Waals surface area (Å²) in [5.41, 5.74) is 0. The first-order valence-electron chi connectivity index (χ1n) is 2.56. The Morgan fingerprint density at radius 1 is 1.88 bits per heavy atom. The Morgan fingerprint density at radius 3 is 2.88 bits per heavy atom. The van der Waals surface area contributed by atoms with Gasteiger partial charge in [-0.2, -0.15) is 0 Å². The van der Waals surface area contributed by atoms with Crippen LogP contribution in [0.3, 0.4) is 0 Å². The van der Waals surface area contributed by atoms with E-state index in [0.717, 1.165) is 0 Å². The number of hydrogen-bond donors (Lipinski definition) is 0. The van der Waals surface area contributed by atoms with Gasteiger partial charge < -0.3 is 4.74 Å². The zero-order valence-corrected chi connectivity index (χ0v) is 4.76. The molecule has 1 heterocycles. The molecular formula is C5H8NO2. The van der Waals surface area contributed by atoms with Gasteiger partial charge >= 0.3 is 0 Å². The molecule has 1 aliphatic heterocycles. The first-order valence-corrected chi connectivity index (χ1v) is 2.56. The molecule has 0 aliphatic carbocycles. The van der Waals surface area contributed by atoms with Crippen LogP contribution in [0, 0.1) is 0 Å². The molecular weight excluding hydrogens is 106 g/mol. The summed E-state index contributed by atoms with van der Waals surface area (Å²) in [4.78, 5) is 10.4. The van der Waals surface area contributed by atoms with Crippen molar-refractivity contribution in [1.29, 1.82) is 0 Å². The van der Waals surface area contributed by atoms with Crippen LogP contribution in [0.1, 0.15) is 6.42 Å². The fourth-order valence-electron chi connectivity index (χ4n) is 0.685. The normalized spacial score (nSPS) is 28.1. The number of amides is 1. The molecule has 0 aromatic carbocycles. The summed E-state index contributed by atoms with van der Waals surface area (Å²) in [5.74, 6) is -0.0307. The Balaban J connectivity index is 2.32. The van der Waals surface area contributed by atoms with E-state index >= 15 is 0 Å². The summed E-state index contributed by atoms with van der Waals surface area (Å²) in [6.07, 6.45) is 0.527. The third-order valence-electron chi connectivity index (χ3n) is 1.21. The second-order valence-electron chi connectivity index (χ2n) is 1.80. The first kappa shape index (κ1) is 5.56. The minimum atomic E-state index is -0.0307. The molecule has 1 saturated heterocycles. The molecule has 3 heteroatoms. The lowest BCUT2D eigenvalue weighted by Gasteiger charge is -1.99. The van der Waals surface area contributed by atoms with Crippen LogP contribution in [0.4, 0.5) is 0 Å². The van der Waals surface area contributed by atoms with Crippen LogP contribution in [0.15, 0.2) is 0 Å². The van der Waals surface area contributed by atoms with Gasteiger partial charge in [-0.25, -0.2) is 5.32 Å². The summed E-state index contributed by atoms with van der Waals surface area (Å²) < 4.78 is 4.87. The van der Waals surface area contributed by atoms with Crippen molar-refractivity contribution in [3.05, 3.63) is 0 Å². The van der Waals surface area contributed by atoms with E-state index in [1.165, 1.54) is 0 Å². The maximum absolute atomic E-state index is 10.4. The monoisotopic (exact) mass is 114 g/mol. The number of methoxy groups -OCH3 is 1. The summed E-state index contributed by atoms with van der Waals surface area (Å²) in [7, 11) is 1.60. The van der Waals surface area contributed by atoms with E-state index in [-0.39, 0.29) is 12.0 Å². The summed E-state index contributed by atoms with van der Waals surface area (Å²) in [6.45, 7) is 0.551. The van der Waals surface area contributed by atoms with Crippen LogP contribution in [0.25, 0.3) is 0 Å². The Labute approximate surface area is 48.0 Å². The second kappa shape index (κ2) is 2.13. The lowest BCUT2D eigenvalue weighted by atomic mass is 10.3. The highest BCUT2D eigenvalue weighted by Crippen LogP contribution is 2.03. The van der Waals surface area contributed by atoms with Crippen molar-refractivity contribution in [2.45, 2.75) is 12.5 Å². The molecule has 0 aromatic heterocycles. The molecule has 0 bridgehead atoms. The predicted molar refractivity (Wildman–Crippen MR) is 27.4 cm³/mol. The third kappa shape index (κ3) is 0.980. The highest BCUT2D eigenvalue weighted by molar-refractivity contribution is 5.78. The van der Waals surface area contributed by atoms with Gasteiger partial charge in [0.05, 0.1) is 19.1 Å². The molecule has 1 aliphatic rings. The third-order valence-corrected chi connectivity index (χ3v) is 1.21. The van der Waals surface area contributed by atoms with Crippen LogP contribution >= 0.6 is 0 Å². The van der Waals surface area contributed by atoms with Crippen LogP contribution in [0.5, 0.6) is 0 Å². The molecule has 1 atom stereocenters. The molecule has 0 spiro atoms. The fourth-order valence-corrected chi connectivity index (χ4v) is 0.685. The van der Waals surface area contributed by atoms with Crippen LogP contribution in [-0.4, -0.2) is 25.7 Å². The maximum Gasteiger partial charge on any atom is 0.243 e. The molecule has 8 heavy (non-hydrogen) atoms. The summed E-state index contributed by atoms with van der Waals surface area (Å²) in [5, 5.41) is 3.62. The minimum absolute atomic E-state index is 0.0307.